The van der Waals surface area contributed by atoms with Crippen LogP contribution in [0.5, 0.6) is 0 Å². The molecule has 1 aromatic rings. The summed E-state index contributed by atoms with van der Waals surface area (Å²) in [5, 5.41) is 19.2. The fourth-order valence-corrected chi connectivity index (χ4v) is 3.61. The lowest BCUT2D eigenvalue weighted by Crippen LogP contribution is -2.37. The van der Waals surface area contributed by atoms with E-state index in [-0.39, 0.29) is 12.0 Å². The van der Waals surface area contributed by atoms with Gasteiger partial charge in [-0.2, -0.15) is 0 Å². The quantitative estimate of drug-likeness (QED) is 0.887. The highest BCUT2D eigenvalue weighted by atomic mass is 16.4. The molecule has 2 aliphatic carbocycles. The zero-order valence-electron chi connectivity index (χ0n) is 11.8. The highest BCUT2D eigenvalue weighted by Gasteiger charge is 2.45. The van der Waals surface area contributed by atoms with Crippen LogP contribution in [0.2, 0.25) is 0 Å². The molecular weight excluding hydrogens is 252 g/mol. The minimum absolute atomic E-state index is 0.0402. The molecule has 0 radical (unpaired) electrons. The molecule has 0 saturated heterocycles. The number of aliphatic carboxylic acids is 1. The fourth-order valence-electron chi connectivity index (χ4n) is 3.61. The van der Waals surface area contributed by atoms with Gasteiger partial charge in [0.1, 0.15) is 0 Å². The Morgan fingerprint density at radius 3 is 1.95 bits per heavy atom. The zero-order chi connectivity index (χ0) is 14.2. The van der Waals surface area contributed by atoms with E-state index in [4.69, 9.17) is 0 Å². The van der Waals surface area contributed by atoms with Crippen molar-refractivity contribution >= 4 is 5.97 Å². The lowest BCUT2D eigenvalue weighted by molar-refractivity contribution is -0.145. The summed E-state index contributed by atoms with van der Waals surface area (Å²) in [6, 6.07) is 8.00. The van der Waals surface area contributed by atoms with Crippen LogP contribution < -0.4 is 0 Å². The standard InChI is InChI=1S/C17H22O3/c18-12-16(10-11-16)13-4-6-14(7-5-13)17(15(19)20)8-2-1-3-9-17/h4-7,18H,1-3,8-12H2,(H,19,20). The summed E-state index contributed by atoms with van der Waals surface area (Å²) in [4.78, 5) is 11.8. The second-order valence-corrected chi connectivity index (χ2v) is 6.46. The Morgan fingerprint density at radius 2 is 1.50 bits per heavy atom. The average Bonchev–Trinajstić information content (AvgIpc) is 3.29. The number of hydrogen-bond acceptors (Lipinski definition) is 2. The number of rotatable bonds is 4. The maximum Gasteiger partial charge on any atom is 0.314 e. The van der Waals surface area contributed by atoms with E-state index in [0.29, 0.717) is 0 Å². The van der Waals surface area contributed by atoms with Crippen LogP contribution in [0.15, 0.2) is 24.3 Å². The van der Waals surface area contributed by atoms with E-state index in [9.17, 15) is 15.0 Å². The lowest BCUT2D eigenvalue weighted by Gasteiger charge is -2.34. The largest absolute Gasteiger partial charge is 0.481 e. The zero-order valence-corrected chi connectivity index (χ0v) is 11.8. The van der Waals surface area contributed by atoms with E-state index in [1.54, 1.807) is 0 Å². The summed E-state index contributed by atoms with van der Waals surface area (Å²) in [5.41, 5.74) is 1.36. The van der Waals surface area contributed by atoms with Gasteiger partial charge in [-0.25, -0.2) is 0 Å². The van der Waals surface area contributed by atoms with Crippen LogP contribution in [0.3, 0.4) is 0 Å². The third-order valence-electron chi connectivity index (χ3n) is 5.32. The minimum Gasteiger partial charge on any atom is -0.481 e. The predicted molar refractivity (Wildman–Crippen MR) is 76.8 cm³/mol. The first-order chi connectivity index (χ1) is 9.63. The van der Waals surface area contributed by atoms with Crippen LogP contribution in [0.1, 0.15) is 56.1 Å². The summed E-state index contributed by atoms with van der Waals surface area (Å²) in [6.07, 6.45) is 6.68. The van der Waals surface area contributed by atoms with Gasteiger partial charge in [-0.15, -0.1) is 0 Å². The van der Waals surface area contributed by atoms with Gasteiger partial charge in [0.25, 0.3) is 0 Å². The number of carboxylic acids is 1. The third-order valence-corrected chi connectivity index (χ3v) is 5.32. The molecule has 2 fully saturated rings. The fraction of sp³-hybridized carbons (Fsp3) is 0.588. The Labute approximate surface area is 119 Å². The van der Waals surface area contributed by atoms with E-state index in [0.717, 1.165) is 56.1 Å². The van der Waals surface area contributed by atoms with E-state index in [1.807, 2.05) is 24.3 Å². The van der Waals surface area contributed by atoms with Crippen LogP contribution in [0.25, 0.3) is 0 Å². The second-order valence-electron chi connectivity index (χ2n) is 6.46. The first kappa shape index (κ1) is 13.6. The number of carboxylic acid groups (broad SMARTS) is 1. The maximum absolute atomic E-state index is 11.8. The second kappa shape index (κ2) is 4.88. The Balaban J connectivity index is 1.91. The molecule has 0 amide bonds. The van der Waals surface area contributed by atoms with Crippen LogP contribution in [-0.2, 0) is 15.6 Å². The normalized spacial score (nSPS) is 23.2. The van der Waals surface area contributed by atoms with E-state index in [2.05, 4.69) is 0 Å². The Kier molecular flexibility index (Phi) is 3.33. The van der Waals surface area contributed by atoms with Gasteiger partial charge in [0.05, 0.1) is 12.0 Å². The Bertz CT molecular complexity index is 493. The van der Waals surface area contributed by atoms with Crippen molar-refractivity contribution in [1.29, 1.82) is 0 Å². The molecule has 0 unspecified atom stereocenters. The van der Waals surface area contributed by atoms with Gasteiger partial charge in [-0.05, 0) is 36.8 Å². The van der Waals surface area contributed by atoms with Crippen molar-refractivity contribution in [2.75, 3.05) is 6.61 Å². The highest BCUT2D eigenvalue weighted by molar-refractivity contribution is 5.81. The van der Waals surface area contributed by atoms with Crippen molar-refractivity contribution in [2.45, 2.75) is 55.8 Å². The predicted octanol–water partition coefficient (Wildman–Crippen LogP) is 3.00. The molecule has 1 aromatic carbocycles. The topological polar surface area (TPSA) is 57.5 Å². The number of benzene rings is 1. The molecule has 0 spiro atoms. The van der Waals surface area contributed by atoms with E-state index < -0.39 is 11.4 Å². The van der Waals surface area contributed by atoms with Crippen LogP contribution >= 0.6 is 0 Å². The van der Waals surface area contributed by atoms with E-state index >= 15 is 0 Å². The van der Waals surface area contributed by atoms with Gasteiger partial charge in [0, 0.05) is 5.41 Å². The summed E-state index contributed by atoms with van der Waals surface area (Å²) >= 11 is 0. The van der Waals surface area contributed by atoms with Gasteiger partial charge in [-0.3, -0.25) is 4.79 Å². The van der Waals surface area contributed by atoms with Gasteiger partial charge in [-0.1, -0.05) is 43.5 Å². The molecule has 3 rings (SSSR count). The molecule has 0 atom stereocenters. The lowest BCUT2D eigenvalue weighted by atomic mass is 9.69. The monoisotopic (exact) mass is 274 g/mol. The smallest absolute Gasteiger partial charge is 0.314 e. The Morgan fingerprint density at radius 1 is 0.950 bits per heavy atom. The molecule has 108 valence electrons. The maximum atomic E-state index is 11.8. The van der Waals surface area contributed by atoms with Crippen LogP contribution in [0.4, 0.5) is 0 Å². The van der Waals surface area contributed by atoms with Crippen molar-refractivity contribution in [2.24, 2.45) is 0 Å². The van der Waals surface area contributed by atoms with Gasteiger partial charge in [0.2, 0.25) is 0 Å². The van der Waals surface area contributed by atoms with Gasteiger partial charge >= 0.3 is 5.97 Å². The average molecular weight is 274 g/mol. The number of hydrogen-bond donors (Lipinski definition) is 2. The summed E-state index contributed by atoms with van der Waals surface area (Å²) in [7, 11) is 0. The number of carbonyl (C=O) groups is 1. The minimum atomic E-state index is -0.688. The molecule has 2 N–H and O–H groups in total. The van der Waals surface area contributed by atoms with E-state index in [1.165, 1.54) is 0 Å². The Hall–Kier alpha value is -1.35. The molecule has 2 aliphatic rings. The molecule has 0 bridgehead atoms. The summed E-state index contributed by atoms with van der Waals surface area (Å²) in [6.45, 7) is 0.191. The molecule has 2 saturated carbocycles. The molecule has 0 aromatic heterocycles. The van der Waals surface area contributed by atoms with Crippen molar-refractivity contribution in [1.82, 2.24) is 0 Å². The number of aliphatic hydroxyl groups is 1. The highest BCUT2D eigenvalue weighted by Crippen LogP contribution is 2.48. The summed E-state index contributed by atoms with van der Waals surface area (Å²) < 4.78 is 0. The van der Waals surface area contributed by atoms with Gasteiger partial charge in [0.15, 0.2) is 0 Å². The summed E-state index contributed by atoms with van der Waals surface area (Å²) in [5.74, 6) is -0.687. The third kappa shape index (κ3) is 2.05. The first-order valence-electron chi connectivity index (χ1n) is 7.58. The molecule has 0 aliphatic heterocycles. The molecule has 0 heterocycles. The van der Waals surface area contributed by atoms with Crippen LogP contribution in [-0.4, -0.2) is 22.8 Å². The van der Waals surface area contributed by atoms with Gasteiger partial charge < -0.3 is 10.2 Å². The van der Waals surface area contributed by atoms with Crippen molar-refractivity contribution in [3.63, 3.8) is 0 Å². The van der Waals surface area contributed by atoms with Crippen molar-refractivity contribution in [3.8, 4) is 0 Å². The molecular formula is C17H22O3. The van der Waals surface area contributed by atoms with Crippen molar-refractivity contribution < 1.29 is 15.0 Å². The molecule has 3 nitrogen and oxygen atoms in total. The number of aliphatic hydroxyl groups excluding tert-OH is 1. The van der Waals surface area contributed by atoms with Crippen LogP contribution in [0, 0.1) is 0 Å². The molecule has 3 heteroatoms. The molecule has 20 heavy (non-hydrogen) atoms. The van der Waals surface area contributed by atoms with Crippen molar-refractivity contribution in [3.05, 3.63) is 35.4 Å². The SMILES string of the molecule is O=C(O)C1(c2ccc(C3(CO)CC3)cc2)CCCCC1. The first-order valence-corrected chi connectivity index (χ1v) is 7.58.